The number of carbonyl (C=O) groups is 1. The molecule has 2 aliphatic rings. The zero-order chi connectivity index (χ0) is 18.3. The molecule has 26 heavy (non-hydrogen) atoms. The summed E-state index contributed by atoms with van der Waals surface area (Å²) in [7, 11) is -1.45. The van der Waals surface area contributed by atoms with Crippen molar-refractivity contribution < 1.29 is 13.2 Å². The number of fused-ring (bicyclic) bond motifs is 1. The van der Waals surface area contributed by atoms with Gasteiger partial charge in [-0.15, -0.1) is 11.3 Å². The number of nitrogens with zero attached hydrogens (tertiary/aromatic N) is 3. The number of rotatable bonds is 4. The Morgan fingerprint density at radius 3 is 2.92 bits per heavy atom. The average molecular weight is 395 g/mol. The van der Waals surface area contributed by atoms with Gasteiger partial charge in [-0.2, -0.15) is 5.10 Å². The second kappa shape index (κ2) is 6.77. The fourth-order valence-corrected chi connectivity index (χ4v) is 6.59. The SMILES string of the molecule is CNC(=O)Cc1nc(-c2scc3c2CCCC3)n(C2CCS(=O)(=O)C2)n1. The van der Waals surface area contributed by atoms with Gasteiger partial charge in [-0.3, -0.25) is 4.79 Å². The lowest BCUT2D eigenvalue weighted by Gasteiger charge is -2.15. The Kier molecular flexibility index (Phi) is 4.60. The number of amides is 1. The third-order valence-electron chi connectivity index (χ3n) is 5.13. The molecule has 1 amide bonds. The van der Waals surface area contributed by atoms with E-state index in [4.69, 9.17) is 0 Å². The largest absolute Gasteiger partial charge is 0.359 e. The summed E-state index contributed by atoms with van der Waals surface area (Å²) in [5.74, 6) is 1.29. The topological polar surface area (TPSA) is 94.0 Å². The summed E-state index contributed by atoms with van der Waals surface area (Å²) in [6, 6.07) is -0.206. The standard InChI is InChI=1S/C17H22N4O3S2/c1-18-15(22)8-14-19-17(16-13-5-3-2-4-11(13)9-25-16)21(20-14)12-6-7-26(23,24)10-12/h9,12H,2-8,10H2,1H3,(H,18,22). The minimum Gasteiger partial charge on any atom is -0.359 e. The van der Waals surface area contributed by atoms with Gasteiger partial charge in [0.1, 0.15) is 0 Å². The second-order valence-electron chi connectivity index (χ2n) is 6.98. The molecule has 1 aliphatic carbocycles. The van der Waals surface area contributed by atoms with Crippen LogP contribution in [0.4, 0.5) is 0 Å². The van der Waals surface area contributed by atoms with Crippen molar-refractivity contribution in [3.8, 4) is 10.7 Å². The number of likely N-dealkylation sites (N-methyl/N-ethyl adjacent to an activating group) is 1. The normalized spacial score (nSPS) is 21.5. The van der Waals surface area contributed by atoms with Gasteiger partial charge in [-0.25, -0.2) is 18.1 Å². The molecule has 0 spiro atoms. The Labute approximate surface area is 156 Å². The summed E-state index contributed by atoms with van der Waals surface area (Å²) in [6.45, 7) is 0. The molecule has 0 bridgehead atoms. The highest BCUT2D eigenvalue weighted by molar-refractivity contribution is 7.91. The number of aromatic nitrogens is 3. The van der Waals surface area contributed by atoms with Gasteiger partial charge in [0.15, 0.2) is 21.5 Å². The fraction of sp³-hybridized carbons (Fsp3) is 0.588. The van der Waals surface area contributed by atoms with Crippen LogP contribution < -0.4 is 5.32 Å². The van der Waals surface area contributed by atoms with Gasteiger partial charge < -0.3 is 5.32 Å². The van der Waals surface area contributed by atoms with E-state index in [1.807, 2.05) is 0 Å². The number of carbonyl (C=O) groups excluding carboxylic acids is 1. The molecule has 0 saturated carbocycles. The van der Waals surface area contributed by atoms with Crippen molar-refractivity contribution in [3.63, 3.8) is 0 Å². The lowest BCUT2D eigenvalue weighted by Crippen LogP contribution is -2.21. The molecule has 2 aromatic heterocycles. The van der Waals surface area contributed by atoms with Crippen LogP contribution in [0.25, 0.3) is 10.7 Å². The summed E-state index contributed by atoms with van der Waals surface area (Å²) in [4.78, 5) is 17.5. The van der Waals surface area contributed by atoms with Crippen molar-refractivity contribution in [3.05, 3.63) is 22.3 Å². The van der Waals surface area contributed by atoms with Crippen LogP contribution in [0.1, 0.15) is 42.3 Å². The maximum Gasteiger partial charge on any atom is 0.227 e. The Balaban J connectivity index is 1.77. The average Bonchev–Trinajstić information content (AvgIpc) is 3.30. The minimum absolute atomic E-state index is 0.0936. The number of thiophene rings is 1. The van der Waals surface area contributed by atoms with E-state index >= 15 is 0 Å². The van der Waals surface area contributed by atoms with E-state index in [-0.39, 0.29) is 29.9 Å². The van der Waals surface area contributed by atoms with Crippen LogP contribution >= 0.6 is 11.3 Å². The van der Waals surface area contributed by atoms with Gasteiger partial charge in [-0.05, 0) is 48.6 Å². The van der Waals surface area contributed by atoms with Crippen LogP contribution in [0, 0.1) is 0 Å². The number of hydrogen-bond acceptors (Lipinski definition) is 6. The van der Waals surface area contributed by atoms with Crippen molar-refractivity contribution in [1.29, 1.82) is 0 Å². The Morgan fingerprint density at radius 2 is 2.19 bits per heavy atom. The molecule has 7 nitrogen and oxygen atoms in total. The maximum absolute atomic E-state index is 12.0. The molecule has 0 radical (unpaired) electrons. The Bertz CT molecular complexity index is 945. The molecular formula is C17H22N4O3S2. The molecule has 9 heteroatoms. The molecule has 2 aromatic rings. The van der Waals surface area contributed by atoms with Crippen LogP contribution in [0.5, 0.6) is 0 Å². The second-order valence-corrected chi connectivity index (χ2v) is 10.1. The molecule has 3 heterocycles. The van der Waals surface area contributed by atoms with Crippen molar-refractivity contribution >= 4 is 27.1 Å². The number of aryl methyl sites for hydroxylation is 1. The number of sulfone groups is 1. The smallest absolute Gasteiger partial charge is 0.227 e. The molecular weight excluding hydrogens is 372 g/mol. The molecule has 1 unspecified atom stereocenters. The summed E-state index contributed by atoms with van der Waals surface area (Å²) in [6.07, 6.45) is 5.12. The van der Waals surface area contributed by atoms with Crippen LogP contribution in [-0.4, -0.2) is 47.6 Å². The van der Waals surface area contributed by atoms with Crippen LogP contribution in [0.2, 0.25) is 0 Å². The minimum atomic E-state index is -3.03. The molecule has 1 atom stereocenters. The third-order valence-corrected chi connectivity index (χ3v) is 7.95. The summed E-state index contributed by atoms with van der Waals surface area (Å²) < 4.78 is 25.7. The van der Waals surface area contributed by atoms with E-state index in [2.05, 4.69) is 20.8 Å². The van der Waals surface area contributed by atoms with Crippen LogP contribution in [0.15, 0.2) is 5.38 Å². The van der Waals surface area contributed by atoms with Gasteiger partial charge in [0.25, 0.3) is 0 Å². The quantitative estimate of drug-likeness (QED) is 0.849. The Morgan fingerprint density at radius 1 is 1.38 bits per heavy atom. The fourth-order valence-electron chi connectivity index (χ4n) is 3.76. The van der Waals surface area contributed by atoms with Crippen LogP contribution in [0.3, 0.4) is 0 Å². The van der Waals surface area contributed by atoms with E-state index in [1.165, 1.54) is 17.5 Å². The lowest BCUT2D eigenvalue weighted by molar-refractivity contribution is -0.120. The van der Waals surface area contributed by atoms with Crippen molar-refractivity contribution in [2.75, 3.05) is 18.6 Å². The first-order valence-electron chi connectivity index (χ1n) is 8.93. The first kappa shape index (κ1) is 17.7. The zero-order valence-corrected chi connectivity index (χ0v) is 16.3. The van der Waals surface area contributed by atoms with Gasteiger partial charge in [-0.1, -0.05) is 0 Å². The van der Waals surface area contributed by atoms with Gasteiger partial charge in [0.05, 0.1) is 28.8 Å². The zero-order valence-electron chi connectivity index (χ0n) is 14.7. The van der Waals surface area contributed by atoms with Crippen molar-refractivity contribution in [2.24, 2.45) is 0 Å². The predicted octanol–water partition coefficient (Wildman–Crippen LogP) is 1.53. The summed E-state index contributed by atoms with van der Waals surface area (Å²) in [5.41, 5.74) is 2.69. The predicted molar refractivity (Wildman–Crippen MR) is 100 cm³/mol. The summed E-state index contributed by atoms with van der Waals surface area (Å²) >= 11 is 1.66. The maximum atomic E-state index is 12.0. The highest BCUT2D eigenvalue weighted by Crippen LogP contribution is 2.38. The van der Waals surface area contributed by atoms with E-state index in [0.29, 0.717) is 12.2 Å². The monoisotopic (exact) mass is 394 g/mol. The van der Waals surface area contributed by atoms with Crippen molar-refractivity contribution in [2.45, 2.75) is 44.6 Å². The van der Waals surface area contributed by atoms with E-state index < -0.39 is 9.84 Å². The van der Waals surface area contributed by atoms with Gasteiger partial charge in [0.2, 0.25) is 5.91 Å². The number of nitrogens with one attached hydrogen (secondary N) is 1. The molecule has 1 saturated heterocycles. The first-order chi connectivity index (χ1) is 12.5. The van der Waals surface area contributed by atoms with E-state index in [9.17, 15) is 13.2 Å². The van der Waals surface area contributed by atoms with Crippen molar-refractivity contribution in [1.82, 2.24) is 20.1 Å². The van der Waals surface area contributed by atoms with E-state index in [1.54, 1.807) is 23.1 Å². The molecule has 4 rings (SSSR count). The highest BCUT2D eigenvalue weighted by atomic mass is 32.2. The van der Waals surface area contributed by atoms with Gasteiger partial charge in [0, 0.05) is 7.05 Å². The lowest BCUT2D eigenvalue weighted by atomic mass is 9.94. The summed E-state index contributed by atoms with van der Waals surface area (Å²) in [5, 5.41) is 9.31. The molecule has 140 valence electrons. The van der Waals surface area contributed by atoms with E-state index in [0.717, 1.165) is 30.0 Å². The first-order valence-corrected chi connectivity index (χ1v) is 11.6. The third kappa shape index (κ3) is 3.29. The van der Waals surface area contributed by atoms with Crippen LogP contribution in [-0.2, 0) is 33.9 Å². The molecule has 1 fully saturated rings. The number of hydrogen-bond donors (Lipinski definition) is 1. The highest BCUT2D eigenvalue weighted by Gasteiger charge is 2.33. The molecule has 1 N–H and O–H groups in total. The molecule has 0 aromatic carbocycles. The van der Waals surface area contributed by atoms with Gasteiger partial charge >= 0.3 is 0 Å². The molecule has 1 aliphatic heterocycles. The Hall–Kier alpha value is -1.74.